The lowest BCUT2D eigenvalue weighted by molar-refractivity contribution is 0.0997. The Morgan fingerprint density at radius 1 is 1.36 bits per heavy atom. The summed E-state index contributed by atoms with van der Waals surface area (Å²) in [5, 5.41) is 0.638. The van der Waals surface area contributed by atoms with Crippen molar-refractivity contribution in [3.8, 4) is 0 Å². The summed E-state index contributed by atoms with van der Waals surface area (Å²) < 4.78 is 0. The van der Waals surface area contributed by atoms with E-state index in [9.17, 15) is 4.79 Å². The number of ketones is 1. The lowest BCUT2D eigenvalue weighted by Crippen LogP contribution is -2.15. The Labute approximate surface area is 101 Å². The minimum Gasteiger partial charge on any atom is -0.293 e. The number of carbonyl (C=O) groups excluding carboxylic acids is 1. The number of aryl methyl sites for hydroxylation is 2. The second-order valence-corrected chi connectivity index (χ2v) is 5.04. The first-order chi connectivity index (χ1) is 6.56. The van der Waals surface area contributed by atoms with E-state index in [-0.39, 0.29) is 10.6 Å². The van der Waals surface area contributed by atoms with Gasteiger partial charge in [-0.3, -0.25) is 4.79 Å². The standard InChI is InChI=1S/C11H12Br2O/c1-7-3-4-9(5-8(7)2)11(14)10(13)6-12/h3-5,10H,6H2,1-2H3. The fraction of sp³-hybridized carbons (Fsp3) is 0.364. The summed E-state index contributed by atoms with van der Waals surface area (Å²) in [6.45, 7) is 4.06. The molecule has 76 valence electrons. The van der Waals surface area contributed by atoms with Crippen LogP contribution in [0.15, 0.2) is 18.2 Å². The van der Waals surface area contributed by atoms with E-state index in [1.54, 1.807) is 0 Å². The molecule has 0 aliphatic rings. The molecule has 0 aliphatic heterocycles. The van der Waals surface area contributed by atoms with Crippen LogP contribution in [0, 0.1) is 13.8 Å². The molecule has 0 bridgehead atoms. The summed E-state index contributed by atoms with van der Waals surface area (Å²) in [7, 11) is 0. The van der Waals surface area contributed by atoms with Crippen molar-refractivity contribution in [2.24, 2.45) is 0 Å². The van der Waals surface area contributed by atoms with Crippen molar-refractivity contribution in [1.29, 1.82) is 0 Å². The van der Waals surface area contributed by atoms with Crippen LogP contribution in [0.25, 0.3) is 0 Å². The summed E-state index contributed by atoms with van der Waals surface area (Å²) in [6, 6.07) is 5.80. The van der Waals surface area contributed by atoms with Gasteiger partial charge in [-0.05, 0) is 31.0 Å². The van der Waals surface area contributed by atoms with E-state index in [4.69, 9.17) is 0 Å². The Morgan fingerprint density at radius 3 is 2.50 bits per heavy atom. The fourth-order valence-corrected chi connectivity index (χ4v) is 1.70. The number of Topliss-reactive ketones (excluding diaryl/α,β-unsaturated/α-hetero) is 1. The van der Waals surface area contributed by atoms with E-state index < -0.39 is 0 Å². The molecule has 0 saturated heterocycles. The third kappa shape index (κ3) is 2.67. The number of hydrogen-bond acceptors (Lipinski definition) is 1. The monoisotopic (exact) mass is 318 g/mol. The molecule has 0 spiro atoms. The third-order valence-corrected chi connectivity index (χ3v) is 4.47. The first-order valence-electron chi connectivity index (χ1n) is 4.37. The molecule has 1 atom stereocenters. The van der Waals surface area contributed by atoms with Gasteiger partial charge in [-0.2, -0.15) is 0 Å². The Kier molecular flexibility index (Phi) is 4.32. The molecule has 0 N–H and O–H groups in total. The molecule has 0 heterocycles. The van der Waals surface area contributed by atoms with Gasteiger partial charge in [0, 0.05) is 10.9 Å². The number of benzene rings is 1. The normalized spacial score (nSPS) is 12.6. The van der Waals surface area contributed by atoms with Crippen LogP contribution in [0.1, 0.15) is 21.5 Å². The second-order valence-electron chi connectivity index (χ2n) is 3.29. The molecule has 0 fully saturated rings. The Morgan fingerprint density at radius 2 is 2.00 bits per heavy atom. The average molecular weight is 320 g/mol. The molecule has 1 aromatic rings. The highest BCUT2D eigenvalue weighted by Gasteiger charge is 2.15. The van der Waals surface area contributed by atoms with E-state index in [2.05, 4.69) is 31.9 Å². The molecular weight excluding hydrogens is 308 g/mol. The van der Waals surface area contributed by atoms with Crippen LogP contribution in [0.5, 0.6) is 0 Å². The van der Waals surface area contributed by atoms with Gasteiger partial charge in [0.1, 0.15) is 0 Å². The van der Waals surface area contributed by atoms with Crippen molar-refractivity contribution >= 4 is 37.6 Å². The molecule has 1 aromatic carbocycles. The molecule has 0 saturated carbocycles. The minimum absolute atomic E-state index is 0.130. The van der Waals surface area contributed by atoms with Gasteiger partial charge in [0.25, 0.3) is 0 Å². The van der Waals surface area contributed by atoms with Gasteiger partial charge in [-0.25, -0.2) is 0 Å². The molecule has 0 radical (unpaired) electrons. The summed E-state index contributed by atoms with van der Waals surface area (Å²) in [5.74, 6) is 0.130. The zero-order valence-electron chi connectivity index (χ0n) is 8.18. The van der Waals surface area contributed by atoms with E-state index >= 15 is 0 Å². The SMILES string of the molecule is Cc1ccc(C(=O)C(Br)CBr)cc1C. The molecular formula is C11H12Br2O. The Bertz CT molecular complexity index is 347. The van der Waals surface area contributed by atoms with Crippen molar-refractivity contribution in [3.63, 3.8) is 0 Å². The van der Waals surface area contributed by atoms with Crippen LogP contribution in [0.3, 0.4) is 0 Å². The van der Waals surface area contributed by atoms with Gasteiger partial charge in [-0.1, -0.05) is 44.0 Å². The average Bonchev–Trinajstić information content (AvgIpc) is 2.20. The predicted molar refractivity (Wildman–Crippen MR) is 66.8 cm³/mol. The number of rotatable bonds is 3. The number of carbonyl (C=O) groups is 1. The van der Waals surface area contributed by atoms with Gasteiger partial charge in [0.15, 0.2) is 5.78 Å². The fourth-order valence-electron chi connectivity index (χ4n) is 1.15. The summed E-state index contributed by atoms with van der Waals surface area (Å²) >= 11 is 6.60. The van der Waals surface area contributed by atoms with E-state index in [1.165, 1.54) is 5.56 Å². The van der Waals surface area contributed by atoms with Crippen LogP contribution in [0.4, 0.5) is 0 Å². The van der Waals surface area contributed by atoms with E-state index in [0.717, 1.165) is 11.1 Å². The number of alkyl halides is 2. The van der Waals surface area contributed by atoms with E-state index in [0.29, 0.717) is 5.33 Å². The number of hydrogen-bond donors (Lipinski definition) is 0. The first-order valence-corrected chi connectivity index (χ1v) is 6.41. The number of halogens is 2. The highest BCUT2D eigenvalue weighted by atomic mass is 79.9. The highest BCUT2D eigenvalue weighted by Crippen LogP contribution is 2.15. The zero-order valence-corrected chi connectivity index (χ0v) is 11.4. The van der Waals surface area contributed by atoms with Gasteiger partial charge in [0.2, 0.25) is 0 Å². The van der Waals surface area contributed by atoms with Crippen molar-refractivity contribution in [2.75, 3.05) is 5.33 Å². The quantitative estimate of drug-likeness (QED) is 0.614. The summed E-state index contributed by atoms with van der Waals surface area (Å²) in [6.07, 6.45) is 0. The molecule has 1 unspecified atom stereocenters. The largest absolute Gasteiger partial charge is 0.293 e. The summed E-state index contributed by atoms with van der Waals surface area (Å²) in [4.78, 5) is 11.6. The maximum Gasteiger partial charge on any atom is 0.177 e. The lowest BCUT2D eigenvalue weighted by atomic mass is 10.0. The molecule has 0 amide bonds. The van der Waals surface area contributed by atoms with Gasteiger partial charge in [0.05, 0.1) is 4.83 Å². The van der Waals surface area contributed by atoms with Crippen molar-refractivity contribution in [1.82, 2.24) is 0 Å². The van der Waals surface area contributed by atoms with Crippen LogP contribution >= 0.6 is 31.9 Å². The van der Waals surface area contributed by atoms with E-state index in [1.807, 2.05) is 32.0 Å². The van der Waals surface area contributed by atoms with Crippen LogP contribution in [0.2, 0.25) is 0 Å². The maximum absolute atomic E-state index is 11.8. The van der Waals surface area contributed by atoms with Crippen molar-refractivity contribution in [2.45, 2.75) is 18.7 Å². The maximum atomic E-state index is 11.8. The van der Waals surface area contributed by atoms with Gasteiger partial charge >= 0.3 is 0 Å². The van der Waals surface area contributed by atoms with Crippen molar-refractivity contribution < 1.29 is 4.79 Å². The molecule has 14 heavy (non-hydrogen) atoms. The zero-order chi connectivity index (χ0) is 10.7. The summed E-state index contributed by atoms with van der Waals surface area (Å²) in [5.41, 5.74) is 3.14. The van der Waals surface area contributed by atoms with Crippen LogP contribution in [-0.2, 0) is 0 Å². The first kappa shape index (κ1) is 11.9. The molecule has 0 aromatic heterocycles. The molecule has 3 heteroatoms. The second kappa shape index (κ2) is 5.08. The third-order valence-electron chi connectivity index (χ3n) is 2.21. The van der Waals surface area contributed by atoms with Crippen molar-refractivity contribution in [3.05, 3.63) is 34.9 Å². The molecule has 1 rings (SSSR count). The van der Waals surface area contributed by atoms with Crippen LogP contribution in [-0.4, -0.2) is 15.9 Å². The molecule has 1 nitrogen and oxygen atoms in total. The van der Waals surface area contributed by atoms with Gasteiger partial charge in [-0.15, -0.1) is 0 Å². The smallest absolute Gasteiger partial charge is 0.177 e. The Hall–Kier alpha value is -0.150. The van der Waals surface area contributed by atoms with Gasteiger partial charge < -0.3 is 0 Å². The lowest BCUT2D eigenvalue weighted by Gasteiger charge is -2.07. The highest BCUT2D eigenvalue weighted by molar-refractivity contribution is 9.12. The minimum atomic E-state index is -0.135. The van der Waals surface area contributed by atoms with Crippen LogP contribution < -0.4 is 0 Å². The molecule has 0 aliphatic carbocycles. The predicted octanol–water partition coefficient (Wildman–Crippen LogP) is 3.64. The topological polar surface area (TPSA) is 17.1 Å². The Balaban J connectivity index is 2.97.